The molecule has 0 saturated carbocycles. The number of hydrogen-bond donors (Lipinski definition) is 0. The Morgan fingerprint density at radius 3 is 1.04 bits per heavy atom. The molecule has 0 spiro atoms. The summed E-state index contributed by atoms with van der Waals surface area (Å²) >= 11 is 0. The molecule has 0 fully saturated rings. The number of rotatable bonds is 7. The second-order valence-electron chi connectivity index (χ2n) is 24.0. The van der Waals surface area contributed by atoms with E-state index < -0.39 is 0 Å². The number of benzene rings is 15. The number of fused-ring (bicyclic) bond motifs is 17. The Morgan fingerprint density at radius 2 is 0.533 bits per heavy atom. The van der Waals surface area contributed by atoms with Crippen LogP contribution in [0.15, 0.2) is 340 Å². The van der Waals surface area contributed by atoms with Gasteiger partial charge in [0.05, 0.1) is 33.8 Å². The zero-order valence-corrected chi connectivity index (χ0v) is 50.1. The smallest absolute Gasteiger partial charge is 0.146 e. The fourth-order valence-corrected chi connectivity index (χ4v) is 14.3. The average molecular weight is 1170 g/mol. The monoisotopic (exact) mass is 1170 g/mol. The molecular formula is C88H56N4. The van der Waals surface area contributed by atoms with E-state index in [1.54, 1.807) is 0 Å². The van der Waals surface area contributed by atoms with Gasteiger partial charge in [0.1, 0.15) is 11.3 Å². The molecule has 4 aromatic heterocycles. The lowest BCUT2D eigenvalue weighted by atomic mass is 9.92. The number of hydrogen-bond acceptors (Lipinski definition) is 2. The molecular weight excluding hydrogens is 1110 g/mol. The van der Waals surface area contributed by atoms with Gasteiger partial charge in [-0.3, -0.25) is 8.80 Å². The van der Waals surface area contributed by atoms with E-state index in [9.17, 15) is 0 Å². The SMILES string of the molecule is c1ccc(-c2nc3c4ccc(-c5cc6ccccc6c6ccccc56)cc4c4ccccc4n3c2-c2ccccc2)cc1.c1ccc(-c2nc3c4ccc(-c5ccc6cc(-c7ccc8ccccc8c7)ccc6c5)cc4c4ccccc4n3c2-c2ccccc2)cc1. The highest BCUT2D eigenvalue weighted by atomic mass is 15.0. The quantitative estimate of drug-likeness (QED) is 0.149. The van der Waals surface area contributed by atoms with Crippen LogP contribution in [0.2, 0.25) is 0 Å². The van der Waals surface area contributed by atoms with E-state index in [0.717, 1.165) is 78.1 Å². The van der Waals surface area contributed by atoms with Crippen LogP contribution in [0.4, 0.5) is 0 Å². The fourth-order valence-electron chi connectivity index (χ4n) is 14.3. The molecule has 0 aliphatic rings. The Kier molecular flexibility index (Phi) is 12.5. The summed E-state index contributed by atoms with van der Waals surface area (Å²) in [6.07, 6.45) is 0. The molecule has 15 aromatic carbocycles. The van der Waals surface area contributed by atoms with Crippen LogP contribution in [0.3, 0.4) is 0 Å². The molecule has 0 N–H and O–H groups in total. The summed E-state index contributed by atoms with van der Waals surface area (Å²) in [5, 5.41) is 17.2. The lowest BCUT2D eigenvalue weighted by Gasteiger charge is -2.14. The second-order valence-corrected chi connectivity index (χ2v) is 24.0. The van der Waals surface area contributed by atoms with Gasteiger partial charge in [-0.05, 0) is 148 Å². The molecule has 4 heterocycles. The molecule has 0 radical (unpaired) electrons. The van der Waals surface area contributed by atoms with Crippen molar-refractivity contribution in [2.24, 2.45) is 0 Å². The Balaban J connectivity index is 0.000000137. The lowest BCUT2D eigenvalue weighted by molar-refractivity contribution is 1.27. The van der Waals surface area contributed by atoms with Gasteiger partial charge in [0.2, 0.25) is 0 Å². The summed E-state index contributed by atoms with van der Waals surface area (Å²) in [4.78, 5) is 10.8. The van der Waals surface area contributed by atoms with Crippen LogP contribution >= 0.6 is 0 Å². The summed E-state index contributed by atoms with van der Waals surface area (Å²) in [5.74, 6) is 0. The number of pyridine rings is 2. The first-order valence-electron chi connectivity index (χ1n) is 31.5. The molecule has 0 saturated heterocycles. The number of aromatic nitrogens is 4. The van der Waals surface area contributed by atoms with E-state index in [2.05, 4.69) is 349 Å². The van der Waals surface area contributed by atoms with Gasteiger partial charge in [0.15, 0.2) is 0 Å². The van der Waals surface area contributed by atoms with Gasteiger partial charge >= 0.3 is 0 Å². The van der Waals surface area contributed by atoms with Crippen molar-refractivity contribution in [2.45, 2.75) is 0 Å². The van der Waals surface area contributed by atoms with Crippen LogP contribution in [-0.4, -0.2) is 18.8 Å². The summed E-state index contributed by atoms with van der Waals surface area (Å²) in [6, 6.07) is 122. The maximum Gasteiger partial charge on any atom is 0.146 e. The minimum absolute atomic E-state index is 0.970. The first-order chi connectivity index (χ1) is 45.6. The van der Waals surface area contributed by atoms with Crippen LogP contribution in [-0.2, 0) is 0 Å². The van der Waals surface area contributed by atoms with Crippen LogP contribution in [0, 0.1) is 0 Å². The Hall–Kier alpha value is -12.2. The first kappa shape index (κ1) is 52.8. The van der Waals surface area contributed by atoms with Gasteiger partial charge in [-0.1, -0.05) is 279 Å². The van der Waals surface area contributed by atoms with Gasteiger partial charge in [-0.15, -0.1) is 0 Å². The normalized spacial score (nSPS) is 11.7. The Morgan fingerprint density at radius 1 is 0.185 bits per heavy atom. The predicted molar refractivity (Wildman–Crippen MR) is 388 cm³/mol. The highest BCUT2D eigenvalue weighted by molar-refractivity contribution is 6.18. The van der Waals surface area contributed by atoms with E-state index in [0.29, 0.717) is 0 Å². The van der Waals surface area contributed by atoms with Crippen LogP contribution in [0.25, 0.3) is 176 Å². The predicted octanol–water partition coefficient (Wildman–Crippen LogP) is 23.6. The highest BCUT2D eigenvalue weighted by Crippen LogP contribution is 2.44. The molecule has 0 amide bonds. The molecule has 19 aromatic rings. The van der Waals surface area contributed by atoms with E-state index in [1.165, 1.54) is 98.0 Å². The third-order valence-corrected chi connectivity index (χ3v) is 18.7. The van der Waals surface area contributed by atoms with E-state index in [1.807, 2.05) is 0 Å². The third-order valence-electron chi connectivity index (χ3n) is 18.7. The molecule has 4 heteroatoms. The number of para-hydroxylation sites is 2. The van der Waals surface area contributed by atoms with Crippen LogP contribution < -0.4 is 0 Å². The minimum Gasteiger partial charge on any atom is -0.291 e. The standard InChI is InChI=1S/C47H30N2.C41H26N2/c1-3-12-32(13-4-1)45-46(33-14-5-2-6-15-33)49-44-18-10-9-17-41(44)43-30-40(25-26-42(43)47(49)48-45)39-24-23-37-28-36(21-22-38(37)29-39)35-20-19-31-11-7-8-16-34(31)27-35;1-3-13-27(14-4-1)39-40(28-15-5-2-6-16-28)43-38-22-12-11-21-34(38)37-26-30(23-24-35(37)41(43)42-39)36-25-29-17-7-8-18-31(29)32-19-9-10-20-33(32)36/h1-30H;1-26H. The van der Waals surface area contributed by atoms with Crippen LogP contribution in [0.5, 0.6) is 0 Å². The Bertz CT molecular complexity index is 6110. The van der Waals surface area contributed by atoms with E-state index in [-0.39, 0.29) is 0 Å². The number of imidazole rings is 2. The van der Waals surface area contributed by atoms with Crippen molar-refractivity contribution in [3.63, 3.8) is 0 Å². The average Bonchev–Trinajstić information content (AvgIpc) is 1.51. The summed E-state index contributed by atoms with van der Waals surface area (Å²) in [7, 11) is 0. The van der Waals surface area contributed by atoms with Crippen molar-refractivity contribution < 1.29 is 0 Å². The van der Waals surface area contributed by atoms with Gasteiger partial charge in [-0.25, -0.2) is 9.97 Å². The second kappa shape index (κ2) is 21.8. The van der Waals surface area contributed by atoms with Gasteiger partial charge in [0, 0.05) is 43.8 Å². The summed E-state index contributed by atoms with van der Waals surface area (Å²) < 4.78 is 4.72. The van der Waals surface area contributed by atoms with Crippen LogP contribution in [0.1, 0.15) is 0 Å². The van der Waals surface area contributed by atoms with Gasteiger partial charge in [-0.2, -0.15) is 0 Å². The maximum absolute atomic E-state index is 5.39. The molecule has 0 atom stereocenters. The summed E-state index contributed by atoms with van der Waals surface area (Å²) in [5.41, 5.74) is 20.3. The lowest BCUT2D eigenvalue weighted by Crippen LogP contribution is -1.94. The number of nitrogens with zero attached hydrogens (tertiary/aromatic N) is 4. The van der Waals surface area contributed by atoms with Crippen molar-refractivity contribution in [2.75, 3.05) is 0 Å². The van der Waals surface area contributed by atoms with Crippen molar-refractivity contribution in [1.29, 1.82) is 0 Å². The Labute approximate surface area is 531 Å². The van der Waals surface area contributed by atoms with Crippen molar-refractivity contribution in [3.8, 4) is 78.4 Å². The molecule has 428 valence electrons. The molecule has 0 unspecified atom stereocenters. The van der Waals surface area contributed by atoms with Crippen molar-refractivity contribution in [3.05, 3.63) is 340 Å². The summed E-state index contributed by atoms with van der Waals surface area (Å²) in [6.45, 7) is 0. The molecule has 4 nitrogen and oxygen atoms in total. The maximum atomic E-state index is 5.39. The van der Waals surface area contributed by atoms with E-state index >= 15 is 0 Å². The van der Waals surface area contributed by atoms with Crippen molar-refractivity contribution in [1.82, 2.24) is 18.8 Å². The molecule has 19 rings (SSSR count). The third kappa shape index (κ3) is 8.83. The molecule has 92 heavy (non-hydrogen) atoms. The molecule has 0 bridgehead atoms. The topological polar surface area (TPSA) is 34.6 Å². The van der Waals surface area contributed by atoms with E-state index in [4.69, 9.17) is 9.97 Å². The van der Waals surface area contributed by atoms with Gasteiger partial charge in [0.25, 0.3) is 0 Å². The first-order valence-corrected chi connectivity index (χ1v) is 31.5. The largest absolute Gasteiger partial charge is 0.291 e. The van der Waals surface area contributed by atoms with Crippen molar-refractivity contribution >= 4 is 97.7 Å². The molecule has 0 aliphatic heterocycles. The molecule has 0 aliphatic carbocycles. The fraction of sp³-hybridized carbons (Fsp3) is 0. The minimum atomic E-state index is 0.970. The zero-order chi connectivity index (χ0) is 60.6. The van der Waals surface area contributed by atoms with Gasteiger partial charge < -0.3 is 0 Å². The zero-order valence-electron chi connectivity index (χ0n) is 50.1. The highest BCUT2D eigenvalue weighted by Gasteiger charge is 2.24.